The Balaban J connectivity index is 2.77. The molecule has 0 bridgehead atoms. The van der Waals surface area contributed by atoms with Crippen molar-refractivity contribution in [3.8, 4) is 0 Å². The van der Waals surface area contributed by atoms with Crippen LogP contribution in [0.1, 0.15) is 0 Å². The molecule has 0 fully saturated rings. The van der Waals surface area contributed by atoms with Crippen molar-refractivity contribution < 1.29 is 35.1 Å². The van der Waals surface area contributed by atoms with Crippen LogP contribution < -0.4 is 0 Å². The Labute approximate surface area is 116 Å². The predicted octanol–water partition coefficient (Wildman–Crippen LogP) is 5.11. The molecule has 22 heavy (non-hydrogen) atoms. The van der Waals surface area contributed by atoms with Crippen molar-refractivity contribution in [2.75, 3.05) is 0 Å². The zero-order valence-electron chi connectivity index (χ0n) is 10.2. The van der Waals surface area contributed by atoms with Crippen molar-refractivity contribution in [2.24, 2.45) is 0 Å². The first-order valence-electron chi connectivity index (χ1n) is 5.67. The summed E-state index contributed by atoms with van der Waals surface area (Å²) in [7, 11) is 0. The summed E-state index contributed by atoms with van der Waals surface area (Å²) in [6.07, 6.45) is 0. The predicted molar refractivity (Wildman–Crippen MR) is 61.1 cm³/mol. The summed E-state index contributed by atoms with van der Waals surface area (Å²) in [5.74, 6) is -15.6. The number of hydrogen-bond acceptors (Lipinski definition) is 0. The fourth-order valence-corrected chi connectivity index (χ4v) is 2.26. The van der Waals surface area contributed by atoms with Gasteiger partial charge >= 0.3 is 0 Å². The van der Waals surface area contributed by atoms with Gasteiger partial charge in [-0.05, 0) is 12.1 Å². The summed E-state index contributed by atoms with van der Waals surface area (Å²) >= 11 is 0. The van der Waals surface area contributed by atoms with Gasteiger partial charge < -0.3 is 0 Å². The Kier molecular flexibility index (Phi) is 3.01. The van der Waals surface area contributed by atoms with E-state index in [1.807, 2.05) is 0 Å². The van der Waals surface area contributed by atoms with E-state index < -0.39 is 68.1 Å². The number of halogens is 8. The van der Waals surface area contributed by atoms with Crippen molar-refractivity contribution >= 4 is 21.5 Å². The summed E-state index contributed by atoms with van der Waals surface area (Å²) in [5.41, 5.74) is 0. The third kappa shape index (κ3) is 1.69. The third-order valence-corrected chi connectivity index (χ3v) is 3.24. The molecule has 0 aliphatic carbocycles. The second-order valence-corrected chi connectivity index (χ2v) is 4.45. The Bertz CT molecular complexity index is 882. The highest BCUT2D eigenvalue weighted by molar-refractivity contribution is 6.08. The van der Waals surface area contributed by atoms with Gasteiger partial charge in [-0.25, -0.2) is 35.1 Å². The van der Waals surface area contributed by atoms with Gasteiger partial charge in [0.2, 0.25) is 0 Å². The normalized spacial score (nSPS) is 11.6. The van der Waals surface area contributed by atoms with Crippen molar-refractivity contribution in [1.29, 1.82) is 0 Å². The molecule has 0 atom stereocenters. The quantitative estimate of drug-likeness (QED) is 0.307. The fraction of sp³-hybridized carbons (Fsp3) is 0. The highest BCUT2D eigenvalue weighted by Crippen LogP contribution is 2.37. The van der Waals surface area contributed by atoms with Gasteiger partial charge in [0.25, 0.3) is 0 Å². The number of rotatable bonds is 0. The highest BCUT2D eigenvalue weighted by Gasteiger charge is 2.26. The largest absolute Gasteiger partial charge is 0.204 e. The van der Waals surface area contributed by atoms with Gasteiger partial charge in [0, 0.05) is 21.5 Å². The van der Waals surface area contributed by atoms with Gasteiger partial charge in [0.15, 0.2) is 46.5 Å². The smallest absolute Gasteiger partial charge is 0.195 e. The Hall–Kier alpha value is -2.38. The molecule has 0 spiro atoms. The average molecular weight is 322 g/mol. The molecule has 0 aliphatic rings. The van der Waals surface area contributed by atoms with Gasteiger partial charge in [0.05, 0.1) is 0 Å². The molecule has 114 valence electrons. The lowest BCUT2D eigenvalue weighted by Gasteiger charge is -2.11. The van der Waals surface area contributed by atoms with Crippen LogP contribution in [0.25, 0.3) is 21.5 Å². The first-order chi connectivity index (χ1) is 10.3. The summed E-state index contributed by atoms with van der Waals surface area (Å²) in [4.78, 5) is 0. The molecular weight excluding hydrogens is 320 g/mol. The molecule has 0 saturated carbocycles. The van der Waals surface area contributed by atoms with Crippen LogP contribution in [0, 0.1) is 46.5 Å². The number of benzene rings is 3. The van der Waals surface area contributed by atoms with E-state index in [1.165, 1.54) is 0 Å². The lowest BCUT2D eigenvalue weighted by Crippen LogP contribution is -2.02. The lowest BCUT2D eigenvalue weighted by molar-refractivity contribution is 0.447. The summed E-state index contributed by atoms with van der Waals surface area (Å²) in [6, 6.07) is 0.207. The third-order valence-electron chi connectivity index (χ3n) is 3.24. The van der Waals surface area contributed by atoms with Crippen LogP contribution in [-0.2, 0) is 0 Å². The fourth-order valence-electron chi connectivity index (χ4n) is 2.26. The summed E-state index contributed by atoms with van der Waals surface area (Å²) in [5, 5.41) is -4.70. The van der Waals surface area contributed by atoms with E-state index in [0.717, 1.165) is 0 Å². The monoisotopic (exact) mass is 322 g/mol. The molecule has 0 heterocycles. The number of fused-ring (bicyclic) bond motifs is 3. The SMILES string of the molecule is Fc1cc2c(F)c(F)c3cc(F)c(F)c(F)c3c2c(F)c1F. The van der Waals surface area contributed by atoms with Crippen LogP contribution in [0.5, 0.6) is 0 Å². The molecule has 3 aromatic rings. The second kappa shape index (κ2) is 4.56. The zero-order valence-corrected chi connectivity index (χ0v) is 10.2. The molecule has 0 radical (unpaired) electrons. The minimum Gasteiger partial charge on any atom is -0.204 e. The van der Waals surface area contributed by atoms with E-state index in [4.69, 9.17) is 0 Å². The first-order valence-corrected chi connectivity index (χ1v) is 5.67. The topological polar surface area (TPSA) is 0 Å². The molecule has 0 amide bonds. The maximum absolute atomic E-state index is 13.8. The highest BCUT2D eigenvalue weighted by atomic mass is 19.2. The molecule has 3 rings (SSSR count). The Morgan fingerprint density at radius 2 is 0.727 bits per heavy atom. The number of hydrogen-bond donors (Lipinski definition) is 0. The van der Waals surface area contributed by atoms with E-state index in [0.29, 0.717) is 0 Å². The van der Waals surface area contributed by atoms with Gasteiger partial charge in [-0.3, -0.25) is 0 Å². The maximum Gasteiger partial charge on any atom is 0.195 e. The standard InChI is InChI=1S/C14H2F8/c15-5-1-3-7(13(21)11(5)19)8-4(10(18)9(3)17)2-6(16)12(20)14(8)22/h1-2H. The van der Waals surface area contributed by atoms with E-state index in [2.05, 4.69) is 0 Å². The van der Waals surface area contributed by atoms with Crippen molar-refractivity contribution in [3.63, 3.8) is 0 Å². The van der Waals surface area contributed by atoms with Crippen LogP contribution in [-0.4, -0.2) is 0 Å². The molecular formula is C14H2F8. The molecule has 0 aliphatic heterocycles. The Morgan fingerprint density at radius 1 is 0.409 bits per heavy atom. The average Bonchev–Trinajstić information content (AvgIpc) is 2.48. The minimum atomic E-state index is -2.08. The van der Waals surface area contributed by atoms with Crippen LogP contribution in [0.2, 0.25) is 0 Å². The maximum atomic E-state index is 13.8. The first kappa shape index (κ1) is 14.6. The molecule has 0 nitrogen and oxygen atoms in total. The summed E-state index contributed by atoms with van der Waals surface area (Å²) in [6.45, 7) is 0. The molecule has 0 saturated heterocycles. The molecule has 0 unspecified atom stereocenters. The van der Waals surface area contributed by atoms with E-state index in [9.17, 15) is 35.1 Å². The molecule has 8 heteroatoms. The van der Waals surface area contributed by atoms with Crippen molar-refractivity contribution in [3.05, 3.63) is 58.7 Å². The zero-order chi connectivity index (χ0) is 16.3. The molecule has 3 aromatic carbocycles. The molecule has 0 N–H and O–H groups in total. The molecule has 0 aromatic heterocycles. The van der Waals surface area contributed by atoms with Crippen LogP contribution >= 0.6 is 0 Å². The van der Waals surface area contributed by atoms with E-state index in [-0.39, 0.29) is 12.1 Å². The van der Waals surface area contributed by atoms with Crippen molar-refractivity contribution in [2.45, 2.75) is 0 Å². The summed E-state index contributed by atoms with van der Waals surface area (Å²) < 4.78 is 108. The van der Waals surface area contributed by atoms with Crippen LogP contribution in [0.3, 0.4) is 0 Å². The second-order valence-electron chi connectivity index (χ2n) is 4.45. The minimum absolute atomic E-state index is 0.103. The van der Waals surface area contributed by atoms with E-state index in [1.54, 1.807) is 0 Å². The van der Waals surface area contributed by atoms with Crippen molar-refractivity contribution in [1.82, 2.24) is 0 Å². The van der Waals surface area contributed by atoms with Crippen LogP contribution in [0.15, 0.2) is 12.1 Å². The van der Waals surface area contributed by atoms with Gasteiger partial charge in [-0.2, -0.15) is 0 Å². The lowest BCUT2D eigenvalue weighted by atomic mass is 9.99. The van der Waals surface area contributed by atoms with Gasteiger partial charge in [0.1, 0.15) is 0 Å². The van der Waals surface area contributed by atoms with Crippen LogP contribution in [0.4, 0.5) is 35.1 Å². The Morgan fingerprint density at radius 3 is 1.05 bits per heavy atom. The van der Waals surface area contributed by atoms with Gasteiger partial charge in [-0.15, -0.1) is 0 Å². The van der Waals surface area contributed by atoms with E-state index >= 15 is 0 Å². The van der Waals surface area contributed by atoms with Gasteiger partial charge in [-0.1, -0.05) is 0 Å².